The number of hydrogen-bond acceptors (Lipinski definition) is 4. The summed E-state index contributed by atoms with van der Waals surface area (Å²) in [5.74, 6) is 1.05. The van der Waals surface area contributed by atoms with Crippen LogP contribution < -0.4 is 4.74 Å². The number of esters is 1. The van der Waals surface area contributed by atoms with Crippen LogP contribution in [0, 0.1) is 19.8 Å². The van der Waals surface area contributed by atoms with Crippen LogP contribution in [0.1, 0.15) is 55.7 Å². The lowest BCUT2D eigenvalue weighted by atomic mass is 9.95. The Balaban J connectivity index is 1.79. The smallest absolute Gasteiger partial charge is 0.306 e. The maximum absolute atomic E-state index is 12.4. The van der Waals surface area contributed by atoms with Gasteiger partial charge in [-0.2, -0.15) is 0 Å². The van der Waals surface area contributed by atoms with Crippen molar-refractivity contribution in [3.63, 3.8) is 0 Å². The molecule has 0 spiro atoms. The monoisotopic (exact) mass is 387 g/mol. The van der Waals surface area contributed by atoms with Crippen LogP contribution in [-0.2, 0) is 14.3 Å². The summed E-state index contributed by atoms with van der Waals surface area (Å²) in [6.07, 6.45) is 5.27. The molecule has 5 heteroatoms. The van der Waals surface area contributed by atoms with Crippen LogP contribution in [0.4, 0.5) is 0 Å². The molecule has 0 N–H and O–H groups in total. The van der Waals surface area contributed by atoms with Gasteiger partial charge < -0.3 is 14.4 Å². The number of hydrogen-bond donors (Lipinski definition) is 0. The van der Waals surface area contributed by atoms with Gasteiger partial charge in [0.2, 0.25) is 5.91 Å². The molecule has 1 aliphatic rings. The summed E-state index contributed by atoms with van der Waals surface area (Å²) < 4.78 is 10.9. The molecule has 1 aliphatic heterocycles. The van der Waals surface area contributed by atoms with Crippen molar-refractivity contribution in [3.8, 4) is 5.75 Å². The van der Waals surface area contributed by atoms with Gasteiger partial charge in [0, 0.05) is 19.5 Å². The fourth-order valence-corrected chi connectivity index (χ4v) is 3.62. The van der Waals surface area contributed by atoms with Gasteiger partial charge in [0.25, 0.3) is 0 Å². The quantitative estimate of drug-likeness (QED) is 0.593. The summed E-state index contributed by atoms with van der Waals surface area (Å²) in [7, 11) is 0. The van der Waals surface area contributed by atoms with Crippen LogP contribution in [0.3, 0.4) is 0 Å². The normalized spacial score (nSPS) is 16.5. The van der Waals surface area contributed by atoms with E-state index in [4.69, 9.17) is 9.47 Å². The molecule has 1 amide bonds. The van der Waals surface area contributed by atoms with Crippen LogP contribution in [0.25, 0.3) is 6.08 Å². The number of rotatable bonds is 9. The highest BCUT2D eigenvalue weighted by Crippen LogP contribution is 2.24. The predicted octanol–water partition coefficient (Wildman–Crippen LogP) is 4.30. The van der Waals surface area contributed by atoms with Gasteiger partial charge in [-0.1, -0.05) is 12.7 Å². The van der Waals surface area contributed by atoms with E-state index in [1.165, 1.54) is 11.1 Å². The standard InChI is InChI=1S/C23H33NO4/c1-5-20-15-21(14-17(3)18(20)4)28-13-11-19-8-7-12-24(16-19)22(25)9-10-23(26)27-6-2/h5,14-15,19H,1,6-13,16H2,2-4H3. The second-order valence-corrected chi connectivity index (χ2v) is 7.45. The number of amides is 1. The zero-order valence-corrected chi connectivity index (χ0v) is 17.5. The molecule has 0 saturated carbocycles. The highest BCUT2D eigenvalue weighted by molar-refractivity contribution is 5.81. The molecular formula is C23H33NO4. The molecule has 1 atom stereocenters. The van der Waals surface area contributed by atoms with E-state index >= 15 is 0 Å². The van der Waals surface area contributed by atoms with Crippen molar-refractivity contribution in [3.05, 3.63) is 35.4 Å². The van der Waals surface area contributed by atoms with Crippen molar-refractivity contribution in [2.24, 2.45) is 5.92 Å². The highest BCUT2D eigenvalue weighted by Gasteiger charge is 2.24. The number of likely N-dealkylation sites (tertiary alicyclic amines) is 1. The van der Waals surface area contributed by atoms with Crippen LogP contribution in [-0.4, -0.2) is 43.1 Å². The van der Waals surface area contributed by atoms with Crippen molar-refractivity contribution in [2.75, 3.05) is 26.3 Å². The number of carbonyl (C=O) groups excluding carboxylic acids is 2. The molecular weight excluding hydrogens is 354 g/mol. The molecule has 0 aliphatic carbocycles. The molecule has 0 bridgehead atoms. The van der Waals surface area contributed by atoms with Crippen LogP contribution in [0.2, 0.25) is 0 Å². The first-order valence-electron chi connectivity index (χ1n) is 10.2. The number of ether oxygens (including phenoxy) is 2. The first-order chi connectivity index (χ1) is 13.4. The van der Waals surface area contributed by atoms with Gasteiger partial charge in [0.05, 0.1) is 19.6 Å². The highest BCUT2D eigenvalue weighted by atomic mass is 16.5. The Labute approximate surface area is 168 Å². The van der Waals surface area contributed by atoms with E-state index in [0.29, 0.717) is 19.1 Å². The maximum atomic E-state index is 12.4. The number of aryl methyl sites for hydroxylation is 1. The zero-order chi connectivity index (χ0) is 20.5. The van der Waals surface area contributed by atoms with Crippen molar-refractivity contribution in [1.82, 2.24) is 4.90 Å². The topological polar surface area (TPSA) is 55.8 Å². The zero-order valence-electron chi connectivity index (χ0n) is 17.5. The molecule has 28 heavy (non-hydrogen) atoms. The SMILES string of the molecule is C=Cc1cc(OCCC2CCCN(C(=O)CCC(=O)OCC)C2)cc(C)c1C. The van der Waals surface area contributed by atoms with Gasteiger partial charge in [-0.3, -0.25) is 9.59 Å². The minimum Gasteiger partial charge on any atom is -0.494 e. The number of benzene rings is 1. The van der Waals surface area contributed by atoms with E-state index in [1.54, 1.807) is 6.92 Å². The van der Waals surface area contributed by atoms with Crippen molar-refractivity contribution in [1.29, 1.82) is 0 Å². The molecule has 1 fully saturated rings. The number of nitrogens with zero attached hydrogens (tertiary/aromatic N) is 1. The minimum atomic E-state index is -0.301. The average molecular weight is 388 g/mol. The third-order valence-electron chi connectivity index (χ3n) is 5.42. The summed E-state index contributed by atoms with van der Waals surface area (Å²) in [6, 6.07) is 4.09. The first kappa shape index (κ1) is 22.0. The lowest BCUT2D eigenvalue weighted by Crippen LogP contribution is -2.40. The van der Waals surface area contributed by atoms with Crippen molar-refractivity contribution < 1.29 is 19.1 Å². The summed E-state index contributed by atoms with van der Waals surface area (Å²) in [4.78, 5) is 25.7. The Morgan fingerprint density at radius 1 is 1.29 bits per heavy atom. The van der Waals surface area contributed by atoms with Gasteiger partial charge in [0.1, 0.15) is 5.75 Å². The molecule has 0 aromatic heterocycles. The van der Waals surface area contributed by atoms with E-state index in [0.717, 1.165) is 43.7 Å². The molecule has 5 nitrogen and oxygen atoms in total. The Bertz CT molecular complexity index is 698. The molecule has 1 unspecified atom stereocenters. The van der Waals surface area contributed by atoms with E-state index in [-0.39, 0.29) is 24.7 Å². The Kier molecular flexibility index (Phi) is 8.55. The molecule has 1 aromatic rings. The molecule has 1 saturated heterocycles. The Morgan fingerprint density at radius 2 is 2.07 bits per heavy atom. The van der Waals surface area contributed by atoms with Crippen LogP contribution in [0.15, 0.2) is 18.7 Å². The van der Waals surface area contributed by atoms with Gasteiger partial charge in [-0.05, 0) is 74.8 Å². The second-order valence-electron chi connectivity index (χ2n) is 7.45. The summed E-state index contributed by atoms with van der Waals surface area (Å²) in [5.41, 5.74) is 3.53. The molecule has 1 heterocycles. The minimum absolute atomic E-state index is 0.0449. The van der Waals surface area contributed by atoms with Crippen LogP contribution >= 0.6 is 0 Å². The lowest BCUT2D eigenvalue weighted by Gasteiger charge is -2.33. The number of carbonyl (C=O) groups is 2. The Morgan fingerprint density at radius 3 is 2.79 bits per heavy atom. The van der Waals surface area contributed by atoms with Gasteiger partial charge in [0.15, 0.2) is 0 Å². The second kappa shape index (κ2) is 10.9. The molecule has 0 radical (unpaired) electrons. The maximum Gasteiger partial charge on any atom is 0.306 e. The largest absolute Gasteiger partial charge is 0.494 e. The van der Waals surface area contributed by atoms with Crippen molar-refractivity contribution in [2.45, 2.75) is 52.9 Å². The fourth-order valence-electron chi connectivity index (χ4n) is 3.62. The molecule has 1 aromatic carbocycles. The van der Waals surface area contributed by atoms with E-state index < -0.39 is 0 Å². The average Bonchev–Trinajstić information content (AvgIpc) is 2.69. The van der Waals surface area contributed by atoms with E-state index in [9.17, 15) is 9.59 Å². The first-order valence-corrected chi connectivity index (χ1v) is 10.2. The van der Waals surface area contributed by atoms with Crippen LogP contribution in [0.5, 0.6) is 5.75 Å². The van der Waals surface area contributed by atoms with Gasteiger partial charge in [-0.15, -0.1) is 0 Å². The van der Waals surface area contributed by atoms with E-state index in [1.807, 2.05) is 17.0 Å². The Hall–Kier alpha value is -2.30. The molecule has 2 rings (SSSR count). The third-order valence-corrected chi connectivity index (χ3v) is 5.42. The summed E-state index contributed by atoms with van der Waals surface area (Å²) >= 11 is 0. The van der Waals surface area contributed by atoms with Crippen molar-refractivity contribution >= 4 is 18.0 Å². The van der Waals surface area contributed by atoms with E-state index in [2.05, 4.69) is 26.5 Å². The predicted molar refractivity (Wildman–Crippen MR) is 111 cm³/mol. The van der Waals surface area contributed by atoms with Gasteiger partial charge >= 0.3 is 5.97 Å². The summed E-state index contributed by atoms with van der Waals surface area (Å²) in [5, 5.41) is 0. The lowest BCUT2D eigenvalue weighted by molar-refractivity contribution is -0.146. The fraction of sp³-hybridized carbons (Fsp3) is 0.565. The van der Waals surface area contributed by atoms with Gasteiger partial charge in [-0.25, -0.2) is 0 Å². The summed E-state index contributed by atoms with van der Waals surface area (Å²) in [6.45, 7) is 12.3. The molecule has 154 valence electrons. The third kappa shape index (κ3) is 6.39. The number of piperidine rings is 1.